The normalized spacial score (nSPS) is 10.6. The van der Waals surface area contributed by atoms with Crippen LogP contribution >= 0.6 is 0 Å². The van der Waals surface area contributed by atoms with Gasteiger partial charge in [0, 0.05) is 11.6 Å². The van der Waals surface area contributed by atoms with Gasteiger partial charge >= 0.3 is 0 Å². The largest absolute Gasteiger partial charge is 0.293 e. The predicted octanol–water partition coefficient (Wildman–Crippen LogP) is 3.32. The molecule has 0 amide bonds. The van der Waals surface area contributed by atoms with Crippen LogP contribution in [0.2, 0.25) is 0 Å². The van der Waals surface area contributed by atoms with E-state index in [0.717, 1.165) is 22.3 Å². The minimum absolute atomic E-state index is 0.000587. The summed E-state index contributed by atoms with van der Waals surface area (Å²) < 4.78 is 1.57. The lowest BCUT2D eigenvalue weighted by Gasteiger charge is -2.13. The molecule has 7 nitrogen and oxygen atoms in total. The van der Waals surface area contributed by atoms with Crippen molar-refractivity contribution < 1.29 is 9.61 Å². The quantitative estimate of drug-likeness (QED) is 0.349. The number of hydrogen-bond donors (Lipinski definition) is 1. The number of nitro groups is 1. The maximum absolute atomic E-state index is 11.5. The smallest absolute Gasteiger partial charge is 0.258 e. The number of non-ortho nitro benzene ring substituents is 1. The number of aromatic nitrogens is 4. The van der Waals surface area contributed by atoms with Crippen LogP contribution in [0.4, 0.5) is 5.69 Å². The number of aromatic amines is 1. The van der Waals surface area contributed by atoms with E-state index in [1.54, 1.807) is 10.7 Å². The average molecular weight is 344 g/mol. The summed E-state index contributed by atoms with van der Waals surface area (Å²) in [6.45, 7) is 0. The Balaban J connectivity index is 2.10. The van der Waals surface area contributed by atoms with E-state index in [4.69, 9.17) is 0 Å². The number of tetrazole rings is 1. The van der Waals surface area contributed by atoms with E-state index in [0.29, 0.717) is 5.69 Å². The topological polar surface area (TPSA) is 88.6 Å². The van der Waals surface area contributed by atoms with Crippen LogP contribution in [0.15, 0.2) is 79.1 Å². The maximum atomic E-state index is 11.5. The Morgan fingerprint density at radius 3 is 2.15 bits per heavy atom. The molecule has 4 aromatic rings. The first kappa shape index (κ1) is 15.6. The number of hydrogen-bond acceptors (Lipinski definition) is 4. The van der Waals surface area contributed by atoms with Crippen molar-refractivity contribution in [2.75, 3.05) is 0 Å². The second-order valence-electron chi connectivity index (χ2n) is 5.68. The molecule has 0 aliphatic carbocycles. The van der Waals surface area contributed by atoms with Crippen molar-refractivity contribution in [3.8, 4) is 27.9 Å². The van der Waals surface area contributed by atoms with Crippen molar-refractivity contribution in [2.24, 2.45) is 0 Å². The number of nitro benzene ring substituents is 1. The third-order valence-electron chi connectivity index (χ3n) is 4.10. The lowest BCUT2D eigenvalue weighted by molar-refractivity contribution is -0.660. The van der Waals surface area contributed by atoms with Gasteiger partial charge in [-0.1, -0.05) is 65.9 Å². The summed E-state index contributed by atoms with van der Waals surface area (Å²) >= 11 is 0. The molecule has 0 aliphatic heterocycles. The van der Waals surface area contributed by atoms with Crippen LogP contribution in [0.5, 0.6) is 0 Å². The van der Waals surface area contributed by atoms with Crippen LogP contribution in [0.1, 0.15) is 0 Å². The van der Waals surface area contributed by atoms with E-state index in [2.05, 4.69) is 15.5 Å². The molecule has 1 N–H and O–H groups in total. The van der Waals surface area contributed by atoms with Gasteiger partial charge in [0.25, 0.3) is 12.0 Å². The fourth-order valence-corrected chi connectivity index (χ4v) is 2.95. The first-order chi connectivity index (χ1) is 12.7. The Morgan fingerprint density at radius 1 is 0.923 bits per heavy atom. The number of benzene rings is 3. The third-order valence-corrected chi connectivity index (χ3v) is 4.10. The summed E-state index contributed by atoms with van der Waals surface area (Å²) in [7, 11) is 0. The lowest BCUT2D eigenvalue weighted by Crippen LogP contribution is -2.33. The van der Waals surface area contributed by atoms with Gasteiger partial charge in [0.1, 0.15) is 10.8 Å². The van der Waals surface area contributed by atoms with Crippen LogP contribution in [0.3, 0.4) is 0 Å². The van der Waals surface area contributed by atoms with Crippen molar-refractivity contribution in [1.29, 1.82) is 0 Å². The number of H-pyrrole nitrogens is 1. The zero-order valence-electron chi connectivity index (χ0n) is 13.6. The van der Waals surface area contributed by atoms with E-state index >= 15 is 0 Å². The summed E-state index contributed by atoms with van der Waals surface area (Å²) in [4.78, 5) is 11.1. The Bertz CT molecular complexity index is 1050. The molecule has 0 atom stereocenters. The van der Waals surface area contributed by atoms with Gasteiger partial charge in [0.05, 0.1) is 11.0 Å². The SMILES string of the molecule is O=[N+]([O-])c1cc(-c2ccccc2)c(-c2ccccc2)c(-[n+]2cnn[nH]2)c1. The number of nitrogens with zero attached hydrogens (tertiary/aromatic N) is 4. The molecule has 126 valence electrons. The zero-order valence-corrected chi connectivity index (χ0v) is 13.6. The van der Waals surface area contributed by atoms with Crippen molar-refractivity contribution in [1.82, 2.24) is 15.5 Å². The molecule has 0 bridgehead atoms. The highest BCUT2D eigenvalue weighted by atomic mass is 16.6. The summed E-state index contributed by atoms with van der Waals surface area (Å²) in [6, 6.07) is 22.5. The van der Waals surface area contributed by atoms with Gasteiger partial charge in [0.15, 0.2) is 5.21 Å². The highest BCUT2D eigenvalue weighted by molar-refractivity contribution is 5.89. The Hall–Kier alpha value is -3.87. The van der Waals surface area contributed by atoms with Crippen LogP contribution in [-0.2, 0) is 0 Å². The molecule has 0 unspecified atom stereocenters. The van der Waals surface area contributed by atoms with Gasteiger partial charge in [0.2, 0.25) is 0 Å². The highest BCUT2D eigenvalue weighted by Gasteiger charge is 2.23. The van der Waals surface area contributed by atoms with Gasteiger partial charge in [-0.3, -0.25) is 10.1 Å². The molecule has 1 aromatic heterocycles. The van der Waals surface area contributed by atoms with Crippen molar-refractivity contribution >= 4 is 5.69 Å². The lowest BCUT2D eigenvalue weighted by atomic mass is 9.92. The molecule has 0 saturated carbocycles. The molecule has 3 aromatic carbocycles. The van der Waals surface area contributed by atoms with Crippen molar-refractivity contribution in [2.45, 2.75) is 0 Å². The van der Waals surface area contributed by atoms with Gasteiger partial charge < -0.3 is 0 Å². The first-order valence-corrected chi connectivity index (χ1v) is 7.95. The minimum Gasteiger partial charge on any atom is -0.258 e. The molecule has 0 fully saturated rings. The van der Waals surface area contributed by atoms with Crippen molar-refractivity contribution in [3.05, 3.63) is 89.2 Å². The first-order valence-electron chi connectivity index (χ1n) is 7.95. The third kappa shape index (κ3) is 2.82. The van der Waals surface area contributed by atoms with Crippen molar-refractivity contribution in [3.63, 3.8) is 0 Å². The molecule has 0 saturated heterocycles. The standard InChI is InChI=1S/C19H13N5O2/c25-24(26)16-11-17(14-7-3-1-4-8-14)19(15-9-5-2-6-10-15)18(12-16)23-13-20-21-22-23/h1-13H/p+1. The molecular weight excluding hydrogens is 330 g/mol. The maximum Gasteiger partial charge on any atom is 0.293 e. The molecule has 7 heteroatoms. The highest BCUT2D eigenvalue weighted by Crippen LogP contribution is 2.38. The van der Waals surface area contributed by atoms with Gasteiger partial charge in [-0.2, -0.15) is 0 Å². The van der Waals surface area contributed by atoms with Crippen LogP contribution in [0, 0.1) is 10.1 Å². The Morgan fingerprint density at radius 2 is 1.58 bits per heavy atom. The fourth-order valence-electron chi connectivity index (χ4n) is 2.95. The molecular formula is C19H14N5O2+. The van der Waals surface area contributed by atoms with Gasteiger partial charge in [-0.05, 0) is 16.7 Å². The average Bonchev–Trinajstić information content (AvgIpc) is 3.23. The fraction of sp³-hybridized carbons (Fsp3) is 0. The number of nitrogens with one attached hydrogen (secondary N) is 1. The molecule has 0 radical (unpaired) electrons. The van der Waals surface area contributed by atoms with E-state index in [-0.39, 0.29) is 5.69 Å². The molecule has 1 heterocycles. The summed E-state index contributed by atoms with van der Waals surface area (Å²) in [5.74, 6) is 0. The molecule has 0 spiro atoms. The summed E-state index contributed by atoms with van der Waals surface area (Å²) in [5, 5.41) is 21.8. The van der Waals surface area contributed by atoms with E-state index in [9.17, 15) is 10.1 Å². The van der Waals surface area contributed by atoms with Crippen LogP contribution in [-0.4, -0.2) is 20.4 Å². The van der Waals surface area contributed by atoms with E-state index in [1.807, 2.05) is 60.7 Å². The minimum atomic E-state index is -0.394. The molecule has 0 aliphatic rings. The van der Waals surface area contributed by atoms with Crippen LogP contribution < -0.4 is 4.68 Å². The zero-order chi connectivity index (χ0) is 17.9. The Labute approximate surface area is 148 Å². The summed E-state index contributed by atoms with van der Waals surface area (Å²) in [5.41, 5.74) is 4.07. The van der Waals surface area contributed by atoms with E-state index < -0.39 is 4.92 Å². The monoisotopic (exact) mass is 344 g/mol. The second kappa shape index (κ2) is 6.56. The predicted molar refractivity (Wildman–Crippen MR) is 95.4 cm³/mol. The Kier molecular flexibility index (Phi) is 3.95. The van der Waals surface area contributed by atoms with Crippen LogP contribution in [0.25, 0.3) is 27.9 Å². The molecule has 4 rings (SSSR count). The van der Waals surface area contributed by atoms with Gasteiger partial charge in [-0.15, -0.1) is 4.68 Å². The second-order valence-corrected chi connectivity index (χ2v) is 5.68. The summed E-state index contributed by atoms with van der Waals surface area (Å²) in [6.07, 6.45) is 1.49. The van der Waals surface area contributed by atoms with E-state index in [1.165, 1.54) is 12.4 Å². The van der Waals surface area contributed by atoms with Gasteiger partial charge in [-0.25, -0.2) is 0 Å². The number of rotatable bonds is 4. The molecule has 26 heavy (non-hydrogen) atoms.